The summed E-state index contributed by atoms with van der Waals surface area (Å²) in [4.78, 5) is 11.5. The van der Waals surface area contributed by atoms with Crippen LogP contribution in [-0.2, 0) is 0 Å². The molecule has 2 rings (SSSR count). The molecular formula is C12H12F3NO. The summed E-state index contributed by atoms with van der Waals surface area (Å²) in [6.07, 6.45) is 2.28. The molecule has 0 bridgehead atoms. The van der Waals surface area contributed by atoms with E-state index in [-0.39, 0.29) is 6.54 Å². The predicted molar refractivity (Wildman–Crippen MR) is 56.2 cm³/mol. The summed E-state index contributed by atoms with van der Waals surface area (Å²) in [5.41, 5.74) is -0.410. The molecule has 0 atom stereocenters. The molecule has 0 saturated heterocycles. The lowest BCUT2D eigenvalue weighted by atomic mass is 10.1. The van der Waals surface area contributed by atoms with Gasteiger partial charge in [0.2, 0.25) is 0 Å². The van der Waals surface area contributed by atoms with Gasteiger partial charge in [-0.2, -0.15) is 0 Å². The van der Waals surface area contributed by atoms with Gasteiger partial charge in [0, 0.05) is 0 Å². The SMILES string of the molecule is O=C(CNCC1CC1)c1ccc(F)c(F)c1F. The Hall–Kier alpha value is -1.36. The van der Waals surface area contributed by atoms with Gasteiger partial charge in [-0.1, -0.05) is 0 Å². The van der Waals surface area contributed by atoms with Crippen molar-refractivity contribution in [3.05, 3.63) is 35.1 Å². The summed E-state index contributed by atoms with van der Waals surface area (Å²) >= 11 is 0. The molecule has 1 aliphatic rings. The van der Waals surface area contributed by atoms with Crippen LogP contribution < -0.4 is 5.32 Å². The molecule has 1 fully saturated rings. The van der Waals surface area contributed by atoms with Crippen molar-refractivity contribution in [3.63, 3.8) is 0 Å². The smallest absolute Gasteiger partial charge is 0.195 e. The lowest BCUT2D eigenvalue weighted by Crippen LogP contribution is -2.25. The fourth-order valence-electron chi connectivity index (χ4n) is 1.55. The van der Waals surface area contributed by atoms with E-state index in [1.54, 1.807) is 0 Å². The van der Waals surface area contributed by atoms with E-state index in [4.69, 9.17) is 0 Å². The summed E-state index contributed by atoms with van der Waals surface area (Å²) in [7, 11) is 0. The van der Waals surface area contributed by atoms with Crippen LogP contribution in [0.4, 0.5) is 13.2 Å². The van der Waals surface area contributed by atoms with Gasteiger partial charge in [-0.25, -0.2) is 13.2 Å². The van der Waals surface area contributed by atoms with Crippen LogP contribution in [0.2, 0.25) is 0 Å². The first kappa shape index (κ1) is 12.1. The molecule has 1 N–H and O–H groups in total. The summed E-state index contributed by atoms with van der Waals surface area (Å²) in [5, 5.41) is 2.87. The number of carbonyl (C=O) groups is 1. The second kappa shape index (κ2) is 4.87. The van der Waals surface area contributed by atoms with Crippen molar-refractivity contribution in [1.29, 1.82) is 0 Å². The first-order chi connectivity index (χ1) is 8.09. The molecular weight excluding hydrogens is 231 g/mol. The third-order valence-electron chi connectivity index (χ3n) is 2.75. The molecule has 0 aromatic heterocycles. The number of benzene rings is 1. The third kappa shape index (κ3) is 2.85. The fourth-order valence-corrected chi connectivity index (χ4v) is 1.55. The van der Waals surface area contributed by atoms with Crippen molar-refractivity contribution in [1.82, 2.24) is 5.32 Å². The van der Waals surface area contributed by atoms with Crippen molar-refractivity contribution in [3.8, 4) is 0 Å². The number of ketones is 1. The van der Waals surface area contributed by atoms with Gasteiger partial charge in [0.1, 0.15) is 0 Å². The summed E-state index contributed by atoms with van der Waals surface area (Å²) in [5.74, 6) is -4.27. The Morgan fingerprint density at radius 1 is 1.24 bits per heavy atom. The predicted octanol–water partition coefficient (Wildman–Crippen LogP) is 2.29. The molecule has 1 aromatic carbocycles. The standard InChI is InChI=1S/C12H12F3NO/c13-9-4-3-8(11(14)12(9)15)10(17)6-16-5-7-1-2-7/h3-4,7,16H,1-2,5-6H2. The van der Waals surface area contributed by atoms with Crippen LogP contribution in [0, 0.1) is 23.4 Å². The number of hydrogen-bond acceptors (Lipinski definition) is 2. The molecule has 92 valence electrons. The second-order valence-electron chi connectivity index (χ2n) is 4.22. The van der Waals surface area contributed by atoms with Crippen molar-refractivity contribution < 1.29 is 18.0 Å². The molecule has 17 heavy (non-hydrogen) atoms. The first-order valence-corrected chi connectivity index (χ1v) is 5.47. The number of halogens is 3. The second-order valence-corrected chi connectivity index (χ2v) is 4.22. The Bertz CT molecular complexity index is 444. The Morgan fingerprint density at radius 3 is 2.59 bits per heavy atom. The van der Waals surface area contributed by atoms with E-state index in [2.05, 4.69) is 5.32 Å². The Kier molecular flexibility index (Phi) is 3.47. The number of carbonyl (C=O) groups excluding carboxylic acids is 1. The monoisotopic (exact) mass is 243 g/mol. The van der Waals surface area contributed by atoms with Gasteiger partial charge >= 0.3 is 0 Å². The highest BCUT2D eigenvalue weighted by Gasteiger charge is 2.22. The van der Waals surface area contributed by atoms with Gasteiger partial charge in [0.15, 0.2) is 23.2 Å². The van der Waals surface area contributed by atoms with Crippen LogP contribution >= 0.6 is 0 Å². The lowest BCUT2D eigenvalue weighted by molar-refractivity contribution is 0.0986. The highest BCUT2D eigenvalue weighted by Crippen LogP contribution is 2.27. The number of Topliss-reactive ketones (excluding diaryl/α,β-unsaturated/α-hetero) is 1. The zero-order valence-corrected chi connectivity index (χ0v) is 9.10. The average Bonchev–Trinajstić information content (AvgIpc) is 3.10. The molecule has 2 nitrogen and oxygen atoms in total. The van der Waals surface area contributed by atoms with E-state index in [0.29, 0.717) is 12.5 Å². The Labute approximate surface area is 96.8 Å². The molecule has 5 heteroatoms. The Morgan fingerprint density at radius 2 is 1.94 bits per heavy atom. The molecule has 0 spiro atoms. The maximum atomic E-state index is 13.2. The highest BCUT2D eigenvalue weighted by atomic mass is 19.2. The highest BCUT2D eigenvalue weighted by molar-refractivity contribution is 5.97. The van der Waals surface area contributed by atoms with Gasteiger partial charge in [0.25, 0.3) is 0 Å². The number of nitrogens with one attached hydrogen (secondary N) is 1. The summed E-state index contributed by atoms with van der Waals surface area (Å²) in [6.45, 7) is 0.648. The minimum absolute atomic E-state index is 0.0571. The van der Waals surface area contributed by atoms with E-state index < -0.39 is 28.8 Å². The molecule has 1 aliphatic carbocycles. The quantitative estimate of drug-likeness (QED) is 0.635. The van der Waals surface area contributed by atoms with Gasteiger partial charge in [0.05, 0.1) is 12.1 Å². The summed E-state index contributed by atoms with van der Waals surface area (Å²) in [6, 6.07) is 1.72. The molecule has 1 saturated carbocycles. The Balaban J connectivity index is 2.00. The van der Waals surface area contributed by atoms with Crippen LogP contribution in [0.25, 0.3) is 0 Å². The van der Waals surface area contributed by atoms with Crippen molar-refractivity contribution in [2.45, 2.75) is 12.8 Å². The van der Waals surface area contributed by atoms with Crippen LogP contribution in [0.1, 0.15) is 23.2 Å². The molecule has 0 radical (unpaired) electrons. The number of hydrogen-bond donors (Lipinski definition) is 1. The maximum absolute atomic E-state index is 13.2. The number of rotatable bonds is 5. The molecule has 0 aliphatic heterocycles. The van der Waals surface area contributed by atoms with Gasteiger partial charge in [-0.15, -0.1) is 0 Å². The first-order valence-electron chi connectivity index (χ1n) is 5.47. The molecule has 0 unspecified atom stereocenters. The van der Waals surface area contributed by atoms with Crippen molar-refractivity contribution >= 4 is 5.78 Å². The molecule has 1 aromatic rings. The fraction of sp³-hybridized carbons (Fsp3) is 0.417. The van der Waals surface area contributed by atoms with Crippen LogP contribution in [0.15, 0.2) is 12.1 Å². The lowest BCUT2D eigenvalue weighted by Gasteiger charge is -2.05. The van der Waals surface area contributed by atoms with E-state index in [1.807, 2.05) is 0 Å². The average molecular weight is 243 g/mol. The zero-order valence-electron chi connectivity index (χ0n) is 9.10. The van der Waals surface area contributed by atoms with Crippen LogP contribution in [0.5, 0.6) is 0 Å². The van der Waals surface area contributed by atoms with Crippen molar-refractivity contribution in [2.75, 3.05) is 13.1 Å². The molecule has 0 heterocycles. The summed E-state index contributed by atoms with van der Waals surface area (Å²) < 4.78 is 38.8. The van der Waals surface area contributed by atoms with Gasteiger partial charge in [-0.3, -0.25) is 4.79 Å². The van der Waals surface area contributed by atoms with Gasteiger partial charge < -0.3 is 5.32 Å². The topological polar surface area (TPSA) is 29.1 Å². The van der Waals surface area contributed by atoms with E-state index >= 15 is 0 Å². The normalized spacial score (nSPS) is 15.0. The van der Waals surface area contributed by atoms with Crippen LogP contribution in [0.3, 0.4) is 0 Å². The van der Waals surface area contributed by atoms with E-state index in [0.717, 1.165) is 25.0 Å². The van der Waals surface area contributed by atoms with Crippen LogP contribution in [-0.4, -0.2) is 18.9 Å². The van der Waals surface area contributed by atoms with Gasteiger partial charge in [-0.05, 0) is 37.4 Å². The minimum Gasteiger partial charge on any atom is -0.309 e. The largest absolute Gasteiger partial charge is 0.309 e. The van der Waals surface area contributed by atoms with E-state index in [1.165, 1.54) is 0 Å². The molecule has 0 amide bonds. The zero-order chi connectivity index (χ0) is 12.4. The van der Waals surface area contributed by atoms with E-state index in [9.17, 15) is 18.0 Å². The van der Waals surface area contributed by atoms with Crippen molar-refractivity contribution in [2.24, 2.45) is 5.92 Å². The maximum Gasteiger partial charge on any atom is 0.195 e. The minimum atomic E-state index is -1.60. The third-order valence-corrected chi connectivity index (χ3v) is 2.75.